The summed E-state index contributed by atoms with van der Waals surface area (Å²) < 4.78 is 18.3. The summed E-state index contributed by atoms with van der Waals surface area (Å²) in [5, 5.41) is 3.47. The van der Waals surface area contributed by atoms with Crippen LogP contribution in [0.2, 0.25) is 5.02 Å². The molecule has 1 aliphatic rings. The van der Waals surface area contributed by atoms with Crippen molar-refractivity contribution >= 4 is 29.9 Å². The van der Waals surface area contributed by atoms with Crippen LogP contribution in [0.1, 0.15) is 13.8 Å². The minimum atomic E-state index is -0.432. The molecule has 1 aliphatic heterocycles. The van der Waals surface area contributed by atoms with Crippen molar-refractivity contribution < 1.29 is 13.9 Å². The Balaban J connectivity index is 0.00000220. The number of amides is 1. The molecule has 1 aromatic carbocycles. The van der Waals surface area contributed by atoms with Crippen molar-refractivity contribution in [2.24, 2.45) is 0 Å². The Bertz CT molecular complexity index is 502. The highest BCUT2D eigenvalue weighted by atomic mass is 35.5. The van der Waals surface area contributed by atoms with Crippen LogP contribution < -0.4 is 10.1 Å². The van der Waals surface area contributed by atoms with E-state index in [0.29, 0.717) is 12.3 Å². The third-order valence-corrected chi connectivity index (χ3v) is 3.90. The molecule has 0 aliphatic carbocycles. The molecule has 7 heteroatoms. The first-order valence-electron chi connectivity index (χ1n) is 6.59. The van der Waals surface area contributed by atoms with Gasteiger partial charge in [0, 0.05) is 25.2 Å². The van der Waals surface area contributed by atoms with Crippen LogP contribution in [0.25, 0.3) is 0 Å². The fourth-order valence-corrected chi connectivity index (χ4v) is 2.45. The van der Waals surface area contributed by atoms with Gasteiger partial charge >= 0.3 is 0 Å². The molecule has 21 heavy (non-hydrogen) atoms. The minimum absolute atomic E-state index is 0. The summed E-state index contributed by atoms with van der Waals surface area (Å²) >= 11 is 5.85. The van der Waals surface area contributed by atoms with Gasteiger partial charge in [0.2, 0.25) is 0 Å². The number of nitrogens with zero attached hydrogens (tertiary/aromatic N) is 1. The van der Waals surface area contributed by atoms with Crippen LogP contribution in [0.5, 0.6) is 5.75 Å². The Labute approximate surface area is 135 Å². The summed E-state index contributed by atoms with van der Waals surface area (Å²) in [6, 6.07) is 4.21. The largest absolute Gasteiger partial charge is 0.482 e. The number of benzene rings is 1. The number of halogens is 3. The van der Waals surface area contributed by atoms with Gasteiger partial charge in [0.05, 0.1) is 5.02 Å². The van der Waals surface area contributed by atoms with E-state index in [1.807, 2.05) is 13.8 Å². The zero-order valence-electron chi connectivity index (χ0n) is 11.9. The predicted molar refractivity (Wildman–Crippen MR) is 82.8 cm³/mol. The molecule has 4 nitrogen and oxygen atoms in total. The van der Waals surface area contributed by atoms with Crippen LogP contribution in [0.4, 0.5) is 4.39 Å². The summed E-state index contributed by atoms with van der Waals surface area (Å²) in [7, 11) is 0. The van der Waals surface area contributed by atoms with Crippen molar-refractivity contribution in [2.45, 2.75) is 25.9 Å². The van der Waals surface area contributed by atoms with Gasteiger partial charge in [0.1, 0.15) is 11.6 Å². The van der Waals surface area contributed by atoms with E-state index in [1.54, 1.807) is 4.90 Å². The minimum Gasteiger partial charge on any atom is -0.482 e. The third-order valence-electron chi connectivity index (χ3n) is 3.60. The smallest absolute Gasteiger partial charge is 0.260 e. The predicted octanol–water partition coefficient (Wildman–Crippen LogP) is 2.49. The summed E-state index contributed by atoms with van der Waals surface area (Å²) in [5.41, 5.74) is 0. The quantitative estimate of drug-likeness (QED) is 0.921. The molecule has 0 saturated carbocycles. The van der Waals surface area contributed by atoms with Crippen LogP contribution in [0, 0.1) is 5.82 Å². The monoisotopic (exact) mass is 336 g/mol. The second-order valence-corrected chi connectivity index (χ2v) is 5.34. The van der Waals surface area contributed by atoms with Crippen molar-refractivity contribution in [1.29, 1.82) is 0 Å². The average molecular weight is 337 g/mol. The Morgan fingerprint density at radius 1 is 1.52 bits per heavy atom. The van der Waals surface area contributed by atoms with E-state index < -0.39 is 5.82 Å². The number of piperazine rings is 1. The number of hydrogen-bond donors (Lipinski definition) is 1. The summed E-state index contributed by atoms with van der Waals surface area (Å²) in [6.07, 6.45) is 0. The van der Waals surface area contributed by atoms with Crippen molar-refractivity contribution in [1.82, 2.24) is 10.2 Å². The maximum absolute atomic E-state index is 12.9. The topological polar surface area (TPSA) is 41.6 Å². The van der Waals surface area contributed by atoms with Crippen LogP contribution in [-0.2, 0) is 4.79 Å². The molecular weight excluding hydrogens is 318 g/mol. The molecule has 2 atom stereocenters. The van der Waals surface area contributed by atoms with Gasteiger partial charge < -0.3 is 15.0 Å². The van der Waals surface area contributed by atoms with E-state index in [9.17, 15) is 9.18 Å². The molecule has 2 unspecified atom stereocenters. The molecule has 0 bridgehead atoms. The molecule has 0 radical (unpaired) electrons. The molecule has 1 aromatic rings. The standard InChI is InChI=1S/C14H18ClFN2O2.ClH/c1-9-10(2)18(6-5-17-9)14(19)8-20-13-4-3-11(16)7-12(13)15;/h3-4,7,9-10,17H,5-6,8H2,1-2H3;1H. The normalized spacial score (nSPS) is 21.6. The molecule has 118 valence electrons. The first-order chi connectivity index (χ1) is 9.49. The Hall–Kier alpha value is -1.04. The Morgan fingerprint density at radius 2 is 2.24 bits per heavy atom. The van der Waals surface area contributed by atoms with E-state index in [1.165, 1.54) is 12.1 Å². The zero-order valence-corrected chi connectivity index (χ0v) is 13.5. The van der Waals surface area contributed by atoms with Crippen molar-refractivity contribution in [3.8, 4) is 5.75 Å². The van der Waals surface area contributed by atoms with E-state index in [2.05, 4.69) is 5.32 Å². The number of nitrogens with one attached hydrogen (secondary N) is 1. The van der Waals surface area contributed by atoms with Gasteiger partial charge in [-0.05, 0) is 32.0 Å². The van der Waals surface area contributed by atoms with Gasteiger partial charge in [-0.15, -0.1) is 12.4 Å². The van der Waals surface area contributed by atoms with E-state index in [4.69, 9.17) is 16.3 Å². The fraction of sp³-hybridized carbons (Fsp3) is 0.500. The average Bonchev–Trinajstić information content (AvgIpc) is 2.40. The molecule has 1 heterocycles. The van der Waals surface area contributed by atoms with Crippen LogP contribution in [0.3, 0.4) is 0 Å². The van der Waals surface area contributed by atoms with Gasteiger partial charge in [0.15, 0.2) is 6.61 Å². The van der Waals surface area contributed by atoms with Crippen molar-refractivity contribution in [2.75, 3.05) is 19.7 Å². The maximum atomic E-state index is 12.9. The number of carbonyl (C=O) groups is 1. The summed E-state index contributed by atoms with van der Waals surface area (Å²) in [4.78, 5) is 14.0. The lowest BCUT2D eigenvalue weighted by Gasteiger charge is -2.38. The number of carbonyl (C=O) groups excluding carboxylic acids is 1. The van der Waals surface area contributed by atoms with E-state index in [0.717, 1.165) is 12.6 Å². The maximum Gasteiger partial charge on any atom is 0.260 e. The first-order valence-corrected chi connectivity index (χ1v) is 6.97. The molecule has 1 fully saturated rings. The SMILES string of the molecule is CC1NCCN(C(=O)COc2ccc(F)cc2Cl)C1C.Cl. The number of hydrogen-bond acceptors (Lipinski definition) is 3. The molecule has 1 amide bonds. The highest BCUT2D eigenvalue weighted by molar-refractivity contribution is 6.32. The zero-order chi connectivity index (χ0) is 14.7. The molecule has 0 aromatic heterocycles. The molecular formula is C14H19Cl2FN2O2. The lowest BCUT2D eigenvalue weighted by molar-refractivity contribution is -0.137. The summed E-state index contributed by atoms with van der Waals surface area (Å²) in [5.74, 6) is -0.207. The van der Waals surface area contributed by atoms with Crippen molar-refractivity contribution in [3.63, 3.8) is 0 Å². The molecule has 1 saturated heterocycles. The van der Waals surface area contributed by atoms with Crippen molar-refractivity contribution in [3.05, 3.63) is 29.0 Å². The Kier molecular flexibility index (Phi) is 6.71. The van der Waals surface area contributed by atoms with Gasteiger partial charge in [-0.2, -0.15) is 0 Å². The van der Waals surface area contributed by atoms with Gasteiger partial charge in [-0.1, -0.05) is 11.6 Å². The van der Waals surface area contributed by atoms with Crippen LogP contribution in [-0.4, -0.2) is 42.6 Å². The number of rotatable bonds is 3. The molecule has 1 N–H and O–H groups in total. The molecule has 2 rings (SSSR count). The highest BCUT2D eigenvalue weighted by Gasteiger charge is 2.28. The molecule has 0 spiro atoms. The second-order valence-electron chi connectivity index (χ2n) is 4.93. The lowest BCUT2D eigenvalue weighted by Crippen LogP contribution is -2.58. The first kappa shape index (κ1) is 18.0. The van der Waals surface area contributed by atoms with E-state index >= 15 is 0 Å². The van der Waals surface area contributed by atoms with Crippen LogP contribution in [0.15, 0.2) is 18.2 Å². The fourth-order valence-electron chi connectivity index (χ4n) is 2.22. The number of ether oxygens (including phenoxy) is 1. The highest BCUT2D eigenvalue weighted by Crippen LogP contribution is 2.25. The van der Waals surface area contributed by atoms with Crippen LogP contribution >= 0.6 is 24.0 Å². The van der Waals surface area contributed by atoms with E-state index in [-0.39, 0.29) is 42.0 Å². The second kappa shape index (κ2) is 7.82. The lowest BCUT2D eigenvalue weighted by atomic mass is 10.1. The summed E-state index contributed by atoms with van der Waals surface area (Å²) in [6.45, 7) is 5.38. The Morgan fingerprint density at radius 3 is 2.90 bits per heavy atom. The third kappa shape index (κ3) is 4.46. The van der Waals surface area contributed by atoms with Gasteiger partial charge in [0.25, 0.3) is 5.91 Å². The van der Waals surface area contributed by atoms with Gasteiger partial charge in [-0.25, -0.2) is 4.39 Å². The van der Waals surface area contributed by atoms with Gasteiger partial charge in [-0.3, -0.25) is 4.79 Å².